The summed E-state index contributed by atoms with van der Waals surface area (Å²) in [6.45, 7) is 1.90. The first-order valence-corrected chi connectivity index (χ1v) is 8.26. The summed E-state index contributed by atoms with van der Waals surface area (Å²) in [6.07, 6.45) is 4.22. The zero-order valence-electron chi connectivity index (χ0n) is 13.7. The SMILES string of the molecule is CCOC(=O)c1ccccc1NC(=O)/C(C#N)=C\Nc1ncc(Br)cn1. The van der Waals surface area contributed by atoms with Crippen LogP contribution in [0.2, 0.25) is 0 Å². The third-order valence-corrected chi connectivity index (χ3v) is 3.41. The number of carbonyl (C=O) groups excluding carboxylic acids is 2. The first kappa shape index (κ1) is 19.1. The average molecular weight is 416 g/mol. The molecule has 0 aliphatic heterocycles. The van der Waals surface area contributed by atoms with Gasteiger partial charge in [-0.05, 0) is 35.0 Å². The fraction of sp³-hybridized carbons (Fsp3) is 0.118. The summed E-state index contributed by atoms with van der Waals surface area (Å²) in [5, 5.41) is 14.4. The number of amides is 1. The van der Waals surface area contributed by atoms with Crippen molar-refractivity contribution in [2.45, 2.75) is 6.92 Å². The van der Waals surface area contributed by atoms with Crippen LogP contribution in [0, 0.1) is 11.3 Å². The number of ether oxygens (including phenoxy) is 1. The molecule has 2 rings (SSSR count). The monoisotopic (exact) mass is 415 g/mol. The van der Waals surface area contributed by atoms with E-state index in [9.17, 15) is 14.9 Å². The molecule has 0 radical (unpaired) electrons. The van der Waals surface area contributed by atoms with Crippen LogP contribution in [0.15, 0.2) is 52.9 Å². The van der Waals surface area contributed by atoms with Gasteiger partial charge in [-0.3, -0.25) is 4.79 Å². The van der Waals surface area contributed by atoms with Crippen LogP contribution in [0.1, 0.15) is 17.3 Å². The molecule has 2 aromatic rings. The first-order chi connectivity index (χ1) is 12.5. The minimum absolute atomic E-state index is 0.198. The van der Waals surface area contributed by atoms with Crippen LogP contribution in [-0.4, -0.2) is 28.5 Å². The lowest BCUT2D eigenvalue weighted by atomic mass is 10.1. The number of hydrogen-bond donors (Lipinski definition) is 2. The van der Waals surface area contributed by atoms with E-state index in [-0.39, 0.29) is 29.4 Å². The van der Waals surface area contributed by atoms with E-state index in [0.717, 1.165) is 0 Å². The molecule has 1 aromatic heterocycles. The van der Waals surface area contributed by atoms with E-state index in [1.807, 2.05) is 0 Å². The second kappa shape index (κ2) is 9.29. The number of halogens is 1. The van der Waals surface area contributed by atoms with E-state index in [1.54, 1.807) is 31.2 Å². The molecule has 132 valence electrons. The predicted octanol–water partition coefficient (Wildman–Crippen LogP) is 2.87. The molecule has 0 aliphatic carbocycles. The van der Waals surface area contributed by atoms with E-state index in [2.05, 4.69) is 36.5 Å². The number of esters is 1. The predicted molar refractivity (Wildman–Crippen MR) is 98.1 cm³/mol. The normalized spacial score (nSPS) is 10.6. The highest BCUT2D eigenvalue weighted by atomic mass is 79.9. The van der Waals surface area contributed by atoms with E-state index in [1.165, 1.54) is 24.7 Å². The molecule has 2 N–H and O–H groups in total. The van der Waals surface area contributed by atoms with Gasteiger partial charge in [-0.1, -0.05) is 12.1 Å². The van der Waals surface area contributed by atoms with Gasteiger partial charge in [0.2, 0.25) is 5.95 Å². The van der Waals surface area contributed by atoms with Crippen molar-refractivity contribution in [1.82, 2.24) is 9.97 Å². The van der Waals surface area contributed by atoms with Gasteiger partial charge in [0.1, 0.15) is 11.6 Å². The quantitative estimate of drug-likeness (QED) is 0.423. The minimum atomic E-state index is -0.686. The largest absolute Gasteiger partial charge is 0.462 e. The summed E-state index contributed by atoms with van der Waals surface area (Å²) >= 11 is 3.21. The van der Waals surface area contributed by atoms with Crippen molar-refractivity contribution in [3.8, 4) is 6.07 Å². The molecule has 0 saturated heterocycles. The smallest absolute Gasteiger partial charge is 0.340 e. The van der Waals surface area contributed by atoms with E-state index in [0.29, 0.717) is 4.47 Å². The zero-order chi connectivity index (χ0) is 18.9. The van der Waals surface area contributed by atoms with Gasteiger partial charge in [-0.25, -0.2) is 14.8 Å². The lowest BCUT2D eigenvalue weighted by Gasteiger charge is -2.10. The van der Waals surface area contributed by atoms with Gasteiger partial charge in [0.15, 0.2) is 0 Å². The van der Waals surface area contributed by atoms with Crippen molar-refractivity contribution in [3.63, 3.8) is 0 Å². The Morgan fingerprint density at radius 1 is 1.31 bits per heavy atom. The number of anilines is 2. The number of hydrogen-bond acceptors (Lipinski definition) is 7. The van der Waals surface area contributed by atoms with Gasteiger partial charge < -0.3 is 15.4 Å². The summed E-state index contributed by atoms with van der Waals surface area (Å²) in [7, 11) is 0. The van der Waals surface area contributed by atoms with Crippen molar-refractivity contribution in [2.75, 3.05) is 17.2 Å². The topological polar surface area (TPSA) is 117 Å². The van der Waals surface area contributed by atoms with Crippen LogP contribution in [0.5, 0.6) is 0 Å². The Bertz CT molecular complexity index is 875. The van der Waals surface area contributed by atoms with Gasteiger partial charge >= 0.3 is 5.97 Å². The van der Waals surface area contributed by atoms with Gasteiger partial charge in [-0.15, -0.1) is 0 Å². The van der Waals surface area contributed by atoms with Crippen LogP contribution in [0.25, 0.3) is 0 Å². The molecular weight excluding hydrogens is 402 g/mol. The standard InChI is InChI=1S/C17H14BrN5O3/c1-2-26-16(25)13-5-3-4-6-14(13)23-15(24)11(7-19)8-20-17-21-9-12(18)10-22-17/h3-6,8-10H,2H2,1H3,(H,23,24)(H,20,21,22)/b11-8-. The molecular formula is C17H14BrN5O3. The number of benzene rings is 1. The third kappa shape index (κ3) is 5.12. The minimum Gasteiger partial charge on any atom is -0.462 e. The highest BCUT2D eigenvalue weighted by Crippen LogP contribution is 2.17. The maximum absolute atomic E-state index is 12.3. The lowest BCUT2D eigenvalue weighted by Crippen LogP contribution is -2.17. The van der Waals surface area contributed by atoms with Crippen LogP contribution >= 0.6 is 15.9 Å². The summed E-state index contributed by atoms with van der Waals surface area (Å²) in [6, 6.07) is 8.16. The maximum atomic E-state index is 12.3. The Hall–Kier alpha value is -3.25. The molecule has 0 bridgehead atoms. The highest BCUT2D eigenvalue weighted by Gasteiger charge is 2.16. The summed E-state index contributed by atoms with van der Waals surface area (Å²) in [5.74, 6) is -1.03. The van der Waals surface area contributed by atoms with Gasteiger partial charge in [0.05, 0.1) is 22.3 Å². The van der Waals surface area contributed by atoms with E-state index in [4.69, 9.17) is 4.74 Å². The van der Waals surface area contributed by atoms with Crippen LogP contribution in [0.3, 0.4) is 0 Å². The second-order valence-corrected chi connectivity index (χ2v) is 5.67. The number of para-hydroxylation sites is 1. The lowest BCUT2D eigenvalue weighted by molar-refractivity contribution is -0.112. The first-order valence-electron chi connectivity index (χ1n) is 7.47. The fourth-order valence-electron chi connectivity index (χ4n) is 1.84. The molecule has 0 atom stereocenters. The van der Waals surface area contributed by atoms with Crippen LogP contribution < -0.4 is 10.6 Å². The molecule has 26 heavy (non-hydrogen) atoms. The van der Waals surface area contributed by atoms with Crippen molar-refractivity contribution < 1.29 is 14.3 Å². The zero-order valence-corrected chi connectivity index (χ0v) is 15.3. The number of rotatable bonds is 6. The molecule has 0 fully saturated rings. The Balaban J connectivity index is 2.15. The molecule has 1 amide bonds. The van der Waals surface area contributed by atoms with Crippen molar-refractivity contribution in [2.24, 2.45) is 0 Å². The summed E-state index contributed by atoms with van der Waals surface area (Å²) < 4.78 is 5.64. The van der Waals surface area contributed by atoms with Gasteiger partial charge in [0, 0.05) is 18.6 Å². The molecule has 8 nitrogen and oxygen atoms in total. The Morgan fingerprint density at radius 2 is 2.00 bits per heavy atom. The number of aromatic nitrogens is 2. The maximum Gasteiger partial charge on any atom is 0.340 e. The highest BCUT2D eigenvalue weighted by molar-refractivity contribution is 9.10. The van der Waals surface area contributed by atoms with E-state index < -0.39 is 11.9 Å². The van der Waals surface area contributed by atoms with Crippen molar-refractivity contribution in [1.29, 1.82) is 5.26 Å². The summed E-state index contributed by atoms with van der Waals surface area (Å²) in [5.41, 5.74) is 0.233. The molecule has 9 heteroatoms. The van der Waals surface area contributed by atoms with Crippen molar-refractivity contribution >= 4 is 39.4 Å². The fourth-order valence-corrected chi connectivity index (χ4v) is 2.05. The molecule has 0 aliphatic rings. The molecule has 0 saturated carbocycles. The molecule has 0 unspecified atom stereocenters. The Labute approximate surface area is 158 Å². The molecule has 1 heterocycles. The molecule has 1 aromatic carbocycles. The van der Waals surface area contributed by atoms with Gasteiger partial charge in [0.25, 0.3) is 5.91 Å². The Morgan fingerprint density at radius 3 is 2.65 bits per heavy atom. The number of nitrogens with one attached hydrogen (secondary N) is 2. The number of carbonyl (C=O) groups is 2. The van der Waals surface area contributed by atoms with Crippen LogP contribution in [-0.2, 0) is 9.53 Å². The number of nitrogens with zero attached hydrogens (tertiary/aromatic N) is 3. The average Bonchev–Trinajstić information content (AvgIpc) is 2.64. The van der Waals surface area contributed by atoms with Crippen LogP contribution in [0.4, 0.5) is 11.6 Å². The summed E-state index contributed by atoms with van der Waals surface area (Å²) in [4.78, 5) is 32.2. The third-order valence-electron chi connectivity index (χ3n) is 3.00. The van der Waals surface area contributed by atoms with E-state index >= 15 is 0 Å². The molecule has 0 spiro atoms. The Kier molecular flexibility index (Phi) is 6.82. The van der Waals surface area contributed by atoms with Crippen molar-refractivity contribution in [3.05, 3.63) is 58.5 Å². The van der Waals surface area contributed by atoms with Gasteiger partial charge in [-0.2, -0.15) is 5.26 Å². The number of nitriles is 1. The second-order valence-electron chi connectivity index (χ2n) is 4.76.